The maximum absolute atomic E-state index is 12.6. The van der Waals surface area contributed by atoms with E-state index in [2.05, 4.69) is 4.98 Å². The summed E-state index contributed by atoms with van der Waals surface area (Å²) in [5.41, 5.74) is 5.50. The molecule has 0 saturated carbocycles. The molecule has 8 heteroatoms. The van der Waals surface area contributed by atoms with Crippen molar-refractivity contribution in [1.82, 2.24) is 13.9 Å². The Hall–Kier alpha value is -1.41. The lowest BCUT2D eigenvalue weighted by molar-refractivity contribution is 0.441. The fraction of sp³-hybridized carbons (Fsp3) is 0.667. The molecular formula is C12H21N5O2S. The molecule has 1 fully saturated rings. The van der Waals surface area contributed by atoms with Crippen LogP contribution in [-0.2, 0) is 16.6 Å². The first-order chi connectivity index (χ1) is 9.37. The van der Waals surface area contributed by atoms with Crippen molar-refractivity contribution in [2.24, 2.45) is 5.73 Å². The normalized spacial score (nSPS) is 20.4. The van der Waals surface area contributed by atoms with Gasteiger partial charge in [0.25, 0.3) is 10.0 Å². The quantitative estimate of drug-likeness (QED) is 0.616. The van der Waals surface area contributed by atoms with Gasteiger partial charge in [-0.25, -0.2) is 13.4 Å². The molecule has 1 aliphatic heterocycles. The summed E-state index contributed by atoms with van der Waals surface area (Å²) in [6.07, 6.45) is 3.81. The third-order valence-electron chi connectivity index (χ3n) is 3.55. The molecule has 0 radical (unpaired) electrons. The first kappa shape index (κ1) is 15.0. The second-order valence-corrected chi connectivity index (χ2v) is 6.89. The lowest BCUT2D eigenvalue weighted by Gasteiger charge is -2.21. The number of imidazole rings is 1. The van der Waals surface area contributed by atoms with Crippen LogP contribution in [0.5, 0.6) is 0 Å². The minimum atomic E-state index is -3.67. The summed E-state index contributed by atoms with van der Waals surface area (Å²) in [5, 5.41) is 7.58. The highest BCUT2D eigenvalue weighted by Gasteiger charge is 2.38. The predicted molar refractivity (Wildman–Crippen MR) is 76.1 cm³/mol. The van der Waals surface area contributed by atoms with Gasteiger partial charge in [-0.05, 0) is 26.2 Å². The first-order valence-electron chi connectivity index (χ1n) is 6.77. The Morgan fingerprint density at radius 1 is 1.60 bits per heavy atom. The molecule has 7 nitrogen and oxygen atoms in total. The minimum absolute atomic E-state index is 0.0524. The summed E-state index contributed by atoms with van der Waals surface area (Å²) in [4.78, 5) is 4.16. The van der Waals surface area contributed by atoms with Crippen LogP contribution in [0, 0.1) is 12.3 Å². The van der Waals surface area contributed by atoms with Gasteiger partial charge in [0.2, 0.25) is 0 Å². The number of amidine groups is 1. The summed E-state index contributed by atoms with van der Waals surface area (Å²) in [6.45, 7) is 4.96. The Morgan fingerprint density at radius 2 is 2.30 bits per heavy atom. The Morgan fingerprint density at radius 3 is 2.90 bits per heavy atom. The first-order valence-corrected chi connectivity index (χ1v) is 8.21. The number of hydrogen-bond donors (Lipinski definition) is 2. The van der Waals surface area contributed by atoms with Crippen molar-refractivity contribution in [3.63, 3.8) is 0 Å². The molecule has 0 amide bonds. The van der Waals surface area contributed by atoms with E-state index in [9.17, 15) is 8.42 Å². The minimum Gasteiger partial charge on any atom is -0.386 e. The van der Waals surface area contributed by atoms with Crippen molar-refractivity contribution in [3.05, 3.63) is 12.0 Å². The van der Waals surface area contributed by atoms with Gasteiger partial charge in [-0.3, -0.25) is 5.41 Å². The van der Waals surface area contributed by atoms with Crippen molar-refractivity contribution in [3.8, 4) is 0 Å². The molecule has 1 unspecified atom stereocenters. The van der Waals surface area contributed by atoms with Crippen LogP contribution >= 0.6 is 0 Å². The van der Waals surface area contributed by atoms with Crippen molar-refractivity contribution < 1.29 is 8.42 Å². The Bertz CT molecular complexity index is 607. The van der Waals surface area contributed by atoms with Crippen LogP contribution in [0.1, 0.15) is 32.0 Å². The SMILES string of the molecule is CCCn1cc(S(=O)(=O)N2CCCC2C(=N)N)nc1C. The summed E-state index contributed by atoms with van der Waals surface area (Å²) < 4.78 is 28.4. The van der Waals surface area contributed by atoms with Crippen molar-refractivity contribution >= 4 is 15.9 Å². The van der Waals surface area contributed by atoms with Crippen LogP contribution in [0.25, 0.3) is 0 Å². The third-order valence-corrected chi connectivity index (χ3v) is 5.33. The zero-order chi connectivity index (χ0) is 14.9. The topological polar surface area (TPSA) is 105 Å². The molecule has 2 rings (SSSR count). The van der Waals surface area contributed by atoms with Crippen LogP contribution in [0.15, 0.2) is 11.2 Å². The number of rotatable bonds is 5. The van der Waals surface area contributed by atoms with E-state index in [4.69, 9.17) is 11.1 Å². The molecule has 112 valence electrons. The highest BCUT2D eigenvalue weighted by atomic mass is 32.2. The molecule has 1 aliphatic rings. The van der Waals surface area contributed by atoms with E-state index in [1.165, 1.54) is 4.31 Å². The van der Waals surface area contributed by atoms with Crippen LogP contribution in [0.4, 0.5) is 0 Å². The van der Waals surface area contributed by atoms with Gasteiger partial charge >= 0.3 is 0 Å². The molecule has 20 heavy (non-hydrogen) atoms. The number of nitrogens with zero attached hydrogens (tertiary/aromatic N) is 3. The number of sulfonamides is 1. The van der Waals surface area contributed by atoms with E-state index in [0.29, 0.717) is 18.8 Å². The smallest absolute Gasteiger partial charge is 0.262 e. The van der Waals surface area contributed by atoms with Crippen LogP contribution in [0.3, 0.4) is 0 Å². The average molecular weight is 299 g/mol. The van der Waals surface area contributed by atoms with Crippen molar-refractivity contribution in [2.75, 3.05) is 6.54 Å². The highest BCUT2D eigenvalue weighted by Crippen LogP contribution is 2.25. The zero-order valence-corrected chi connectivity index (χ0v) is 12.7. The average Bonchev–Trinajstić information content (AvgIpc) is 2.98. The van der Waals surface area contributed by atoms with Crippen molar-refractivity contribution in [2.45, 2.75) is 50.7 Å². The lowest BCUT2D eigenvalue weighted by atomic mass is 10.2. The Kier molecular flexibility index (Phi) is 4.14. The van der Waals surface area contributed by atoms with Gasteiger partial charge in [0, 0.05) is 19.3 Å². The monoisotopic (exact) mass is 299 g/mol. The summed E-state index contributed by atoms with van der Waals surface area (Å²) in [7, 11) is -3.67. The number of aryl methyl sites for hydroxylation is 2. The van der Waals surface area contributed by atoms with E-state index in [0.717, 1.165) is 19.4 Å². The number of hydrogen-bond acceptors (Lipinski definition) is 4. The van der Waals surface area contributed by atoms with E-state index in [1.54, 1.807) is 13.1 Å². The lowest BCUT2D eigenvalue weighted by Crippen LogP contribution is -2.43. The second kappa shape index (κ2) is 5.53. The predicted octanol–water partition coefficient (Wildman–Crippen LogP) is 0.691. The third kappa shape index (κ3) is 2.57. The molecule has 0 aromatic carbocycles. The second-order valence-electron chi connectivity index (χ2n) is 5.05. The fourth-order valence-electron chi connectivity index (χ4n) is 2.53. The van der Waals surface area contributed by atoms with E-state index in [-0.39, 0.29) is 10.9 Å². The van der Waals surface area contributed by atoms with Gasteiger partial charge in [-0.15, -0.1) is 0 Å². The zero-order valence-electron chi connectivity index (χ0n) is 11.8. The number of nitrogens with two attached hydrogens (primary N) is 1. The summed E-state index contributed by atoms with van der Waals surface area (Å²) in [5.74, 6) is 0.583. The molecule has 0 aliphatic carbocycles. The van der Waals surface area contributed by atoms with Gasteiger partial charge in [-0.1, -0.05) is 6.92 Å². The molecule has 0 spiro atoms. The van der Waals surface area contributed by atoms with Crippen LogP contribution < -0.4 is 5.73 Å². The summed E-state index contributed by atoms with van der Waals surface area (Å²) in [6, 6.07) is -0.531. The van der Waals surface area contributed by atoms with Gasteiger partial charge < -0.3 is 10.3 Å². The van der Waals surface area contributed by atoms with Crippen LogP contribution in [-0.4, -0.2) is 40.7 Å². The molecule has 1 saturated heterocycles. The van der Waals surface area contributed by atoms with Crippen molar-refractivity contribution in [1.29, 1.82) is 5.41 Å². The molecular weight excluding hydrogens is 278 g/mol. The molecule has 1 aromatic heterocycles. The largest absolute Gasteiger partial charge is 0.386 e. The van der Waals surface area contributed by atoms with E-state index < -0.39 is 16.1 Å². The van der Waals surface area contributed by atoms with Gasteiger partial charge in [-0.2, -0.15) is 4.31 Å². The number of aromatic nitrogens is 2. The van der Waals surface area contributed by atoms with Crippen LogP contribution in [0.2, 0.25) is 0 Å². The van der Waals surface area contributed by atoms with Gasteiger partial charge in [0.15, 0.2) is 5.03 Å². The molecule has 1 aromatic rings. The molecule has 2 heterocycles. The van der Waals surface area contributed by atoms with Gasteiger partial charge in [0.1, 0.15) is 11.7 Å². The molecule has 3 N–H and O–H groups in total. The summed E-state index contributed by atoms with van der Waals surface area (Å²) >= 11 is 0. The maximum atomic E-state index is 12.6. The maximum Gasteiger partial charge on any atom is 0.262 e. The highest BCUT2D eigenvalue weighted by molar-refractivity contribution is 7.89. The van der Waals surface area contributed by atoms with E-state index >= 15 is 0 Å². The fourth-order valence-corrected chi connectivity index (χ4v) is 4.20. The van der Waals surface area contributed by atoms with E-state index in [1.807, 2.05) is 11.5 Å². The molecule has 1 atom stereocenters. The molecule has 0 bridgehead atoms. The number of nitrogens with one attached hydrogen (secondary N) is 1. The standard InChI is InChI=1S/C12H21N5O2S/c1-3-6-16-8-11(15-9(16)2)20(18,19)17-7-4-5-10(17)12(13)14/h8,10H,3-7H2,1-2H3,(H3,13,14). The van der Waals surface area contributed by atoms with Gasteiger partial charge in [0.05, 0.1) is 6.04 Å². The Balaban J connectivity index is 2.35. The Labute approximate surface area is 119 Å².